The molecule has 8 heteroatoms. The highest BCUT2D eigenvalue weighted by molar-refractivity contribution is 7.86. The molecule has 0 aliphatic heterocycles. The summed E-state index contributed by atoms with van der Waals surface area (Å²) < 4.78 is 53.6. The van der Waals surface area contributed by atoms with Crippen LogP contribution in [0.4, 0.5) is 0 Å². The predicted octanol–water partition coefficient (Wildman–Crippen LogP) is 2.03. The molecule has 0 bridgehead atoms. The lowest BCUT2D eigenvalue weighted by molar-refractivity contribution is 0.491. The van der Waals surface area contributed by atoms with Gasteiger partial charge in [0.25, 0.3) is 0 Å². The monoisotopic (exact) mass is 342 g/mol. The maximum absolute atomic E-state index is 11.0. The normalized spacial score (nSPS) is 11.9. The van der Waals surface area contributed by atoms with Crippen LogP contribution in [0.15, 0.2) is 48.5 Å². The standard InChI is InChI=1S/C14H14O6S2/c1-21(15,16)19-13-7-3-11(4-8-13)12-5-9-14(10-6-12)20-22(2,17)18/h3-10H,1-2H3. The van der Waals surface area contributed by atoms with E-state index in [0.717, 1.165) is 23.6 Å². The minimum atomic E-state index is -3.55. The molecule has 0 unspecified atom stereocenters. The Balaban J connectivity index is 2.18. The fraction of sp³-hybridized carbons (Fsp3) is 0.143. The first kappa shape index (κ1) is 16.3. The zero-order valence-corrected chi connectivity index (χ0v) is 13.5. The van der Waals surface area contributed by atoms with Gasteiger partial charge in [-0.15, -0.1) is 0 Å². The zero-order valence-electron chi connectivity index (χ0n) is 11.9. The van der Waals surface area contributed by atoms with Crippen LogP contribution in [0.5, 0.6) is 11.5 Å². The molecule has 0 atom stereocenters. The summed E-state index contributed by atoms with van der Waals surface area (Å²) in [4.78, 5) is 0. The highest BCUT2D eigenvalue weighted by atomic mass is 32.2. The number of benzene rings is 2. The molecule has 6 nitrogen and oxygen atoms in total. The fourth-order valence-corrected chi connectivity index (χ4v) is 2.68. The lowest BCUT2D eigenvalue weighted by atomic mass is 10.1. The van der Waals surface area contributed by atoms with E-state index in [1.165, 1.54) is 24.3 Å². The van der Waals surface area contributed by atoms with Crippen molar-refractivity contribution in [3.8, 4) is 22.6 Å². The number of hydrogen-bond donors (Lipinski definition) is 0. The van der Waals surface area contributed by atoms with Crippen LogP contribution in [-0.2, 0) is 20.2 Å². The summed E-state index contributed by atoms with van der Waals surface area (Å²) in [5.41, 5.74) is 1.65. The third-order valence-electron chi connectivity index (χ3n) is 2.54. The smallest absolute Gasteiger partial charge is 0.306 e. The Morgan fingerprint density at radius 3 is 1.09 bits per heavy atom. The van der Waals surface area contributed by atoms with Crippen molar-refractivity contribution >= 4 is 20.2 Å². The molecular formula is C14H14O6S2. The average molecular weight is 342 g/mol. The van der Waals surface area contributed by atoms with Gasteiger partial charge in [0, 0.05) is 0 Å². The molecule has 0 heterocycles. The summed E-state index contributed by atoms with van der Waals surface area (Å²) in [7, 11) is -7.10. The van der Waals surface area contributed by atoms with Crippen molar-refractivity contribution in [3.05, 3.63) is 48.5 Å². The van der Waals surface area contributed by atoms with Crippen LogP contribution >= 0.6 is 0 Å². The van der Waals surface area contributed by atoms with E-state index in [4.69, 9.17) is 8.37 Å². The van der Waals surface area contributed by atoms with Gasteiger partial charge in [-0.05, 0) is 35.4 Å². The van der Waals surface area contributed by atoms with Crippen LogP contribution in [0.25, 0.3) is 11.1 Å². The minimum Gasteiger partial charge on any atom is -0.383 e. The van der Waals surface area contributed by atoms with Crippen LogP contribution in [-0.4, -0.2) is 29.3 Å². The van der Waals surface area contributed by atoms with Crippen molar-refractivity contribution in [2.45, 2.75) is 0 Å². The molecule has 0 N–H and O–H groups in total. The summed E-state index contributed by atoms with van der Waals surface area (Å²) in [5, 5.41) is 0. The van der Waals surface area contributed by atoms with Gasteiger partial charge < -0.3 is 8.37 Å². The van der Waals surface area contributed by atoms with Gasteiger partial charge in [-0.2, -0.15) is 16.8 Å². The summed E-state index contributed by atoms with van der Waals surface area (Å²) in [6, 6.07) is 13.0. The Labute approximate surface area is 129 Å². The Kier molecular flexibility index (Phi) is 4.43. The van der Waals surface area contributed by atoms with Crippen LogP contribution < -0.4 is 8.37 Å². The van der Waals surface area contributed by atoms with E-state index in [1.54, 1.807) is 24.3 Å². The van der Waals surface area contributed by atoms with Crippen LogP contribution in [0, 0.1) is 0 Å². The summed E-state index contributed by atoms with van der Waals surface area (Å²) in [6.07, 6.45) is 1.95. The third kappa shape index (κ3) is 5.05. The molecule has 22 heavy (non-hydrogen) atoms. The van der Waals surface area contributed by atoms with Gasteiger partial charge in [0.15, 0.2) is 0 Å². The first-order valence-corrected chi connectivity index (χ1v) is 9.75. The Hall–Kier alpha value is -2.06. The van der Waals surface area contributed by atoms with E-state index in [1.807, 2.05) is 0 Å². The third-order valence-corrected chi connectivity index (χ3v) is 3.53. The van der Waals surface area contributed by atoms with Crippen molar-refractivity contribution in [2.24, 2.45) is 0 Å². The Morgan fingerprint density at radius 2 is 0.864 bits per heavy atom. The van der Waals surface area contributed by atoms with E-state index < -0.39 is 20.2 Å². The van der Waals surface area contributed by atoms with Gasteiger partial charge >= 0.3 is 20.2 Å². The maximum atomic E-state index is 11.0. The lowest BCUT2D eigenvalue weighted by Gasteiger charge is -2.06. The Bertz CT molecular complexity index is 775. The van der Waals surface area contributed by atoms with Gasteiger partial charge in [0.1, 0.15) is 11.5 Å². The van der Waals surface area contributed by atoms with Crippen molar-refractivity contribution in [2.75, 3.05) is 12.5 Å². The number of hydrogen-bond acceptors (Lipinski definition) is 6. The van der Waals surface area contributed by atoms with Crippen LogP contribution in [0.2, 0.25) is 0 Å². The predicted molar refractivity (Wildman–Crippen MR) is 82.8 cm³/mol. The molecular weight excluding hydrogens is 328 g/mol. The quantitative estimate of drug-likeness (QED) is 0.773. The molecule has 2 aromatic carbocycles. The second-order valence-corrected chi connectivity index (χ2v) is 7.77. The van der Waals surface area contributed by atoms with Crippen molar-refractivity contribution in [3.63, 3.8) is 0 Å². The SMILES string of the molecule is CS(=O)(=O)Oc1ccc(-c2ccc(OS(C)(=O)=O)cc2)cc1. The van der Waals surface area contributed by atoms with E-state index in [2.05, 4.69) is 0 Å². The molecule has 0 aliphatic rings. The first-order chi connectivity index (χ1) is 10.1. The minimum absolute atomic E-state index is 0.225. The van der Waals surface area contributed by atoms with Crippen molar-refractivity contribution in [1.82, 2.24) is 0 Å². The summed E-state index contributed by atoms with van der Waals surface area (Å²) in [5.74, 6) is 0.451. The van der Waals surface area contributed by atoms with Crippen LogP contribution in [0.1, 0.15) is 0 Å². The molecule has 0 aliphatic carbocycles. The van der Waals surface area contributed by atoms with Crippen molar-refractivity contribution in [1.29, 1.82) is 0 Å². The molecule has 0 aromatic heterocycles. The Morgan fingerprint density at radius 1 is 0.591 bits per heavy atom. The largest absolute Gasteiger partial charge is 0.383 e. The lowest BCUT2D eigenvalue weighted by Crippen LogP contribution is -2.05. The van der Waals surface area contributed by atoms with Crippen LogP contribution in [0.3, 0.4) is 0 Å². The molecule has 0 spiro atoms. The number of rotatable bonds is 5. The average Bonchev–Trinajstić information content (AvgIpc) is 2.37. The van der Waals surface area contributed by atoms with E-state index in [9.17, 15) is 16.8 Å². The van der Waals surface area contributed by atoms with Crippen molar-refractivity contribution < 1.29 is 25.2 Å². The molecule has 0 radical (unpaired) electrons. The molecule has 118 valence electrons. The summed E-state index contributed by atoms with van der Waals surface area (Å²) >= 11 is 0. The van der Waals surface area contributed by atoms with E-state index >= 15 is 0 Å². The van der Waals surface area contributed by atoms with Gasteiger partial charge in [-0.25, -0.2) is 0 Å². The maximum Gasteiger partial charge on any atom is 0.306 e. The molecule has 0 saturated carbocycles. The van der Waals surface area contributed by atoms with Gasteiger partial charge in [-0.1, -0.05) is 24.3 Å². The molecule has 0 fully saturated rings. The second kappa shape index (κ2) is 5.98. The second-order valence-electron chi connectivity index (χ2n) is 4.62. The van der Waals surface area contributed by atoms with Gasteiger partial charge in [0.05, 0.1) is 12.5 Å². The highest BCUT2D eigenvalue weighted by Crippen LogP contribution is 2.25. The molecule has 2 aromatic rings. The topological polar surface area (TPSA) is 86.7 Å². The molecule has 2 rings (SSSR count). The highest BCUT2D eigenvalue weighted by Gasteiger charge is 2.06. The molecule has 0 amide bonds. The first-order valence-electron chi connectivity index (χ1n) is 6.12. The fourth-order valence-electron chi connectivity index (χ4n) is 1.76. The zero-order chi connectivity index (χ0) is 16.4. The van der Waals surface area contributed by atoms with E-state index in [-0.39, 0.29) is 11.5 Å². The van der Waals surface area contributed by atoms with Gasteiger partial charge in [-0.3, -0.25) is 0 Å². The van der Waals surface area contributed by atoms with E-state index in [0.29, 0.717) is 0 Å². The molecule has 0 saturated heterocycles. The van der Waals surface area contributed by atoms with Gasteiger partial charge in [0.2, 0.25) is 0 Å². The summed E-state index contributed by atoms with van der Waals surface area (Å²) in [6.45, 7) is 0.